The first-order valence-electron chi connectivity index (χ1n) is 24.4. The molecule has 2 heterocycles. The molecule has 0 spiro atoms. The quantitative estimate of drug-likeness (QED) is 0.0312. The molecule has 1 aromatic carbocycles. The number of nitrogens with one attached hydrogen (secondary N) is 10. The molecule has 8 atom stereocenters. The number of hydrogen-bond acceptors (Lipinski definition) is 13. The highest BCUT2D eigenvalue weighted by Gasteiger charge is 2.34. The number of aromatic nitrogens is 3. The summed E-state index contributed by atoms with van der Waals surface area (Å²) >= 11 is 0. The lowest BCUT2D eigenvalue weighted by Gasteiger charge is -2.27. The van der Waals surface area contributed by atoms with E-state index in [1.807, 2.05) is 20.8 Å². The van der Waals surface area contributed by atoms with Crippen molar-refractivity contribution < 1.29 is 57.8 Å². The molecule has 0 aliphatic heterocycles. The first-order valence-corrected chi connectivity index (χ1v) is 24.4. The van der Waals surface area contributed by atoms with E-state index in [4.69, 9.17) is 22.3 Å². The number of aliphatic carboxylic acids is 1. The molecule has 0 aliphatic carbocycles. The minimum Gasteiger partial charge on any atom is -0.481 e. The fourth-order valence-corrected chi connectivity index (χ4v) is 7.60. The average Bonchev–Trinajstić information content (AvgIpc) is 4.01. The van der Waals surface area contributed by atoms with Crippen LogP contribution in [0.25, 0.3) is 10.9 Å². The van der Waals surface area contributed by atoms with Crippen LogP contribution in [-0.4, -0.2) is 140 Å². The first-order chi connectivity index (χ1) is 34.9. The molecule has 10 amide bonds. The number of para-hydroxylation sites is 1. The summed E-state index contributed by atoms with van der Waals surface area (Å²) in [6.07, 6.45) is 4.54. The summed E-state index contributed by atoms with van der Waals surface area (Å²) in [6, 6.07) is -3.35. The smallest absolute Gasteiger partial charge is 0.305 e. The van der Waals surface area contributed by atoms with E-state index in [9.17, 15) is 52.7 Å². The van der Waals surface area contributed by atoms with Crippen LogP contribution in [0.3, 0.4) is 0 Å². The Kier molecular flexibility index (Phi) is 24.1. The molecule has 26 nitrogen and oxygen atoms in total. The van der Waals surface area contributed by atoms with E-state index in [1.54, 1.807) is 44.3 Å². The van der Waals surface area contributed by atoms with Crippen molar-refractivity contribution in [3.8, 4) is 0 Å². The first kappa shape index (κ1) is 60.4. The number of nitrogens with two attached hydrogens (primary N) is 3. The topological polar surface area (TPSA) is 427 Å². The Morgan fingerprint density at radius 3 is 1.89 bits per heavy atom. The Labute approximate surface area is 427 Å². The second-order valence-electron chi connectivity index (χ2n) is 18.8. The number of carbonyl (C=O) groups excluding carboxylic acids is 10. The summed E-state index contributed by atoms with van der Waals surface area (Å²) in [7, 11) is 0. The number of rotatable bonds is 32. The van der Waals surface area contributed by atoms with Crippen molar-refractivity contribution in [3.63, 3.8) is 0 Å². The number of unbranched alkanes of at least 4 members (excludes halogenated alkanes) is 1. The number of fused-ring (bicyclic) bond motifs is 1. The SMILES string of the molecule is CCCC[C@H](NC(=O)[C@H](CC(C)C)NC(=O)[C@H](Cc1cnc[nH]1)NC(=O)CNC(=O)[C@@H](NC(=O)[C@H](C)NC(=O)[C@H](Cc1c[nH]c2ccccc12)NC(=O)[C@H](CCC(N)=O)NC(=O)[C@@H](N)CC(=O)O)C(C)C)C(N)=O. The highest BCUT2D eigenvalue weighted by molar-refractivity contribution is 5.98. The largest absolute Gasteiger partial charge is 0.481 e. The van der Waals surface area contributed by atoms with Gasteiger partial charge in [-0.25, -0.2) is 4.98 Å². The third kappa shape index (κ3) is 20.0. The Morgan fingerprint density at radius 1 is 0.676 bits per heavy atom. The Hall–Kier alpha value is -7.90. The molecule has 3 rings (SSSR count). The number of imidazole rings is 1. The minimum atomic E-state index is -1.56. The second kappa shape index (κ2) is 29.6. The fraction of sp³-hybridized carbons (Fsp3) is 0.542. The van der Waals surface area contributed by atoms with Crippen LogP contribution in [-0.2, 0) is 65.6 Å². The number of aromatic amines is 2. The molecule has 74 heavy (non-hydrogen) atoms. The van der Waals surface area contributed by atoms with Crippen LogP contribution < -0.4 is 59.7 Å². The standard InChI is InChI=1S/C48H72N14O12/c1-7-8-12-32(41(51)67)58-46(72)34(16-24(2)3)60-47(73)36(18-28-21-52-23-55-28)57-38(64)22-54-48(74)40(25(4)5)62-42(68)26(6)56-45(71)35(17-27-20-53-31-13-10-9-11-29(27)31)61-44(70)33(14-15-37(50)63)59-43(69)30(49)19-39(65)66/h9-11,13,20-21,23-26,30,32-36,40,53H,7-8,12,14-19,22,49H2,1-6H3,(H2,50,63)(H2,51,67)(H,52,55)(H,54,74)(H,56,71)(H,57,64)(H,58,72)(H,59,69)(H,60,73)(H,61,70)(H,62,68)(H,65,66)/t26-,30-,32-,33-,34-,35-,36-,40-/m0/s1. The van der Waals surface area contributed by atoms with E-state index < -0.39 is 132 Å². The van der Waals surface area contributed by atoms with Gasteiger partial charge in [-0.15, -0.1) is 0 Å². The van der Waals surface area contributed by atoms with Gasteiger partial charge in [-0.2, -0.15) is 0 Å². The zero-order chi connectivity index (χ0) is 55.2. The number of hydrogen-bond donors (Lipinski definition) is 14. The van der Waals surface area contributed by atoms with Crippen molar-refractivity contribution in [1.29, 1.82) is 0 Å². The molecule has 0 radical (unpaired) electrons. The van der Waals surface area contributed by atoms with Crippen LogP contribution in [0.1, 0.15) is 97.7 Å². The minimum absolute atomic E-state index is 0.0823. The predicted molar refractivity (Wildman–Crippen MR) is 268 cm³/mol. The van der Waals surface area contributed by atoms with Gasteiger partial charge in [0.1, 0.15) is 42.3 Å². The molecule has 0 bridgehead atoms. The van der Waals surface area contributed by atoms with Crippen molar-refractivity contribution in [2.24, 2.45) is 29.0 Å². The normalized spacial score (nSPS) is 14.4. The number of carboxylic acid groups (broad SMARTS) is 1. The van der Waals surface area contributed by atoms with Gasteiger partial charge in [0.05, 0.1) is 25.3 Å². The number of benzene rings is 1. The predicted octanol–water partition coefficient (Wildman–Crippen LogP) is -2.35. The average molecular weight is 1040 g/mol. The molecule has 0 saturated heterocycles. The van der Waals surface area contributed by atoms with Gasteiger partial charge < -0.3 is 74.8 Å². The zero-order valence-corrected chi connectivity index (χ0v) is 42.5. The molecule has 0 unspecified atom stereocenters. The fourth-order valence-electron chi connectivity index (χ4n) is 7.60. The number of carboxylic acids is 1. The molecule has 0 fully saturated rings. The number of primary amides is 2. The van der Waals surface area contributed by atoms with Gasteiger partial charge in [0, 0.05) is 48.3 Å². The molecule has 0 saturated carbocycles. The van der Waals surface area contributed by atoms with Gasteiger partial charge in [0.25, 0.3) is 0 Å². The van der Waals surface area contributed by atoms with Gasteiger partial charge in [0.15, 0.2) is 0 Å². The molecule has 17 N–H and O–H groups in total. The van der Waals surface area contributed by atoms with Crippen LogP contribution in [0.2, 0.25) is 0 Å². The molecule has 26 heteroatoms. The Bertz CT molecular complexity index is 2440. The van der Waals surface area contributed by atoms with Crippen LogP contribution in [0.15, 0.2) is 43.0 Å². The Balaban J connectivity index is 1.75. The molecule has 0 aliphatic rings. The van der Waals surface area contributed by atoms with E-state index in [0.717, 1.165) is 6.42 Å². The van der Waals surface area contributed by atoms with Crippen LogP contribution in [0.4, 0.5) is 0 Å². The van der Waals surface area contributed by atoms with Gasteiger partial charge in [-0.05, 0) is 49.7 Å². The highest BCUT2D eigenvalue weighted by atomic mass is 16.4. The van der Waals surface area contributed by atoms with Crippen LogP contribution in [0, 0.1) is 11.8 Å². The molecule has 2 aromatic heterocycles. The van der Waals surface area contributed by atoms with Crippen molar-refractivity contribution in [1.82, 2.24) is 57.5 Å². The third-order valence-electron chi connectivity index (χ3n) is 11.7. The van der Waals surface area contributed by atoms with E-state index >= 15 is 0 Å². The number of carbonyl (C=O) groups is 11. The summed E-state index contributed by atoms with van der Waals surface area (Å²) < 4.78 is 0. The van der Waals surface area contributed by atoms with Crippen molar-refractivity contribution in [2.45, 2.75) is 148 Å². The van der Waals surface area contributed by atoms with Gasteiger partial charge in [-0.1, -0.05) is 65.7 Å². The maximum Gasteiger partial charge on any atom is 0.305 e. The molecule has 406 valence electrons. The monoisotopic (exact) mass is 1040 g/mol. The van der Waals surface area contributed by atoms with Gasteiger partial charge in [0.2, 0.25) is 59.1 Å². The zero-order valence-electron chi connectivity index (χ0n) is 42.5. The highest BCUT2D eigenvalue weighted by Crippen LogP contribution is 2.20. The molecular formula is C48H72N14O12. The third-order valence-corrected chi connectivity index (χ3v) is 11.7. The Morgan fingerprint density at radius 2 is 1.28 bits per heavy atom. The summed E-state index contributed by atoms with van der Waals surface area (Å²) in [5.74, 6) is -10.2. The van der Waals surface area contributed by atoms with E-state index in [0.29, 0.717) is 35.0 Å². The van der Waals surface area contributed by atoms with Gasteiger partial charge >= 0.3 is 5.97 Å². The van der Waals surface area contributed by atoms with E-state index in [2.05, 4.69) is 57.5 Å². The lowest BCUT2D eigenvalue weighted by molar-refractivity contribution is -0.140. The summed E-state index contributed by atoms with van der Waals surface area (Å²) in [5, 5.41) is 30.2. The van der Waals surface area contributed by atoms with E-state index in [1.165, 1.54) is 19.4 Å². The lowest BCUT2D eigenvalue weighted by atomic mass is 10.0. The van der Waals surface area contributed by atoms with Crippen LogP contribution in [0.5, 0.6) is 0 Å². The van der Waals surface area contributed by atoms with Crippen molar-refractivity contribution in [3.05, 3.63) is 54.2 Å². The van der Waals surface area contributed by atoms with E-state index in [-0.39, 0.29) is 38.0 Å². The maximum atomic E-state index is 14.0. The van der Waals surface area contributed by atoms with Crippen molar-refractivity contribution in [2.75, 3.05) is 6.54 Å². The summed E-state index contributed by atoms with van der Waals surface area (Å²) in [4.78, 5) is 153. The molecule has 3 aromatic rings. The second-order valence-corrected chi connectivity index (χ2v) is 18.8. The van der Waals surface area contributed by atoms with Crippen molar-refractivity contribution >= 4 is 75.9 Å². The van der Waals surface area contributed by atoms with Gasteiger partial charge in [-0.3, -0.25) is 52.7 Å². The van der Waals surface area contributed by atoms with Crippen LogP contribution >= 0.6 is 0 Å². The lowest BCUT2D eigenvalue weighted by Crippen LogP contribution is -2.59. The summed E-state index contributed by atoms with van der Waals surface area (Å²) in [6.45, 7) is 9.49. The number of amides is 10. The molecular weight excluding hydrogens is 965 g/mol. The number of H-pyrrole nitrogens is 2. The maximum absolute atomic E-state index is 14.0. The number of nitrogens with zero attached hydrogens (tertiary/aromatic N) is 1. The summed E-state index contributed by atoms with van der Waals surface area (Å²) in [5.41, 5.74) is 18.3.